The van der Waals surface area contributed by atoms with Crippen molar-refractivity contribution in [1.29, 1.82) is 0 Å². The quantitative estimate of drug-likeness (QED) is 0.609. The second kappa shape index (κ2) is 9.06. The molecule has 0 aliphatic carbocycles. The highest BCUT2D eigenvalue weighted by Gasteiger charge is 2.27. The molecule has 0 radical (unpaired) electrons. The summed E-state index contributed by atoms with van der Waals surface area (Å²) >= 11 is 6.56. The van der Waals surface area contributed by atoms with Crippen LogP contribution in [0.15, 0.2) is 47.1 Å². The number of hydrogen-bond acceptors (Lipinski definition) is 4. The second-order valence-electron chi connectivity index (χ2n) is 7.88. The first-order valence-electron chi connectivity index (χ1n) is 10.4. The van der Waals surface area contributed by atoms with Gasteiger partial charge >= 0.3 is 0 Å². The van der Waals surface area contributed by atoms with Gasteiger partial charge in [-0.2, -0.15) is 5.10 Å². The lowest BCUT2D eigenvalue weighted by molar-refractivity contribution is 0.0933. The van der Waals surface area contributed by atoms with Gasteiger partial charge in [-0.05, 0) is 57.5 Å². The predicted molar refractivity (Wildman–Crippen MR) is 117 cm³/mol. The average Bonchev–Trinajstić information content (AvgIpc) is 3.48. The molecule has 1 saturated heterocycles. The van der Waals surface area contributed by atoms with E-state index in [0.717, 1.165) is 24.4 Å². The standard InChI is InChI=1S/C23H27ClN4O2/c1-16-7-9-18(10-8-16)15-28-22(24)21(17(2)26-28)23(29)25-14-19(20-6-5-13-30-20)27-11-3-4-12-27/h5-10,13,19H,3-4,11-12,14-15H2,1-2H3,(H,25,29). The van der Waals surface area contributed by atoms with Crippen LogP contribution < -0.4 is 5.32 Å². The number of nitrogens with one attached hydrogen (secondary N) is 1. The van der Waals surface area contributed by atoms with E-state index in [1.54, 1.807) is 10.9 Å². The minimum absolute atomic E-state index is 0.0214. The third-order valence-corrected chi connectivity index (χ3v) is 6.04. The van der Waals surface area contributed by atoms with Crippen LogP contribution >= 0.6 is 11.6 Å². The molecule has 1 aliphatic heterocycles. The predicted octanol–water partition coefficient (Wildman–Crippen LogP) is 4.36. The Morgan fingerprint density at radius 3 is 2.60 bits per heavy atom. The van der Waals surface area contributed by atoms with Crippen molar-refractivity contribution < 1.29 is 9.21 Å². The molecule has 2 aromatic heterocycles. The third kappa shape index (κ3) is 4.45. The van der Waals surface area contributed by atoms with Crippen LogP contribution in [0.2, 0.25) is 5.15 Å². The number of nitrogens with zero attached hydrogens (tertiary/aromatic N) is 3. The lowest BCUT2D eigenvalue weighted by Gasteiger charge is -2.26. The lowest BCUT2D eigenvalue weighted by atomic mass is 10.1. The van der Waals surface area contributed by atoms with Gasteiger partial charge in [0.2, 0.25) is 0 Å². The molecule has 6 nitrogen and oxygen atoms in total. The Bertz CT molecular complexity index is 989. The van der Waals surface area contributed by atoms with Gasteiger partial charge in [-0.3, -0.25) is 9.69 Å². The van der Waals surface area contributed by atoms with Crippen molar-refractivity contribution in [2.75, 3.05) is 19.6 Å². The Balaban J connectivity index is 1.47. The van der Waals surface area contributed by atoms with Gasteiger partial charge in [0.1, 0.15) is 10.9 Å². The maximum absolute atomic E-state index is 13.0. The molecule has 1 aromatic carbocycles. The molecule has 4 rings (SSSR count). The Hall–Kier alpha value is -2.57. The topological polar surface area (TPSA) is 63.3 Å². The zero-order valence-electron chi connectivity index (χ0n) is 17.4. The molecule has 1 amide bonds. The number of aryl methyl sites for hydroxylation is 2. The van der Waals surface area contributed by atoms with E-state index in [0.29, 0.717) is 29.5 Å². The smallest absolute Gasteiger partial charge is 0.256 e. The van der Waals surface area contributed by atoms with Gasteiger partial charge < -0.3 is 9.73 Å². The monoisotopic (exact) mass is 426 g/mol. The first-order valence-corrected chi connectivity index (χ1v) is 10.7. The normalized spacial score (nSPS) is 15.4. The summed E-state index contributed by atoms with van der Waals surface area (Å²) < 4.78 is 7.32. The van der Waals surface area contributed by atoms with Crippen LogP contribution in [0, 0.1) is 13.8 Å². The van der Waals surface area contributed by atoms with Crippen molar-refractivity contribution in [3.8, 4) is 0 Å². The number of hydrogen-bond donors (Lipinski definition) is 1. The highest BCUT2D eigenvalue weighted by Crippen LogP contribution is 2.26. The summed E-state index contributed by atoms with van der Waals surface area (Å²) in [7, 11) is 0. The molecule has 0 spiro atoms. The molecule has 1 unspecified atom stereocenters. The number of rotatable bonds is 7. The lowest BCUT2D eigenvalue weighted by Crippen LogP contribution is -2.36. The molecule has 30 heavy (non-hydrogen) atoms. The number of benzene rings is 1. The molecule has 3 aromatic rings. The molecule has 3 heterocycles. The highest BCUT2D eigenvalue weighted by atomic mass is 35.5. The van der Waals surface area contributed by atoms with Crippen molar-refractivity contribution in [3.05, 3.63) is 76.0 Å². The fourth-order valence-electron chi connectivity index (χ4n) is 4.00. The SMILES string of the molecule is Cc1ccc(Cn2nc(C)c(C(=O)NCC(c3ccco3)N3CCCC3)c2Cl)cc1. The van der Waals surface area contributed by atoms with E-state index >= 15 is 0 Å². The van der Waals surface area contributed by atoms with E-state index in [4.69, 9.17) is 16.0 Å². The maximum atomic E-state index is 13.0. The average molecular weight is 427 g/mol. The molecule has 1 aliphatic rings. The van der Waals surface area contributed by atoms with E-state index < -0.39 is 0 Å². The zero-order valence-corrected chi connectivity index (χ0v) is 18.2. The number of carbonyl (C=O) groups excluding carboxylic acids is 1. The number of furan rings is 1. The van der Waals surface area contributed by atoms with Gasteiger partial charge in [-0.1, -0.05) is 41.4 Å². The number of aromatic nitrogens is 2. The first kappa shape index (κ1) is 20.7. The molecule has 0 saturated carbocycles. The number of halogens is 1. The summed E-state index contributed by atoms with van der Waals surface area (Å²) in [5.41, 5.74) is 3.35. The van der Waals surface area contributed by atoms with Gasteiger partial charge in [0, 0.05) is 6.54 Å². The Morgan fingerprint density at radius 2 is 1.93 bits per heavy atom. The Labute approximate surface area is 181 Å². The largest absolute Gasteiger partial charge is 0.468 e. The van der Waals surface area contributed by atoms with E-state index in [-0.39, 0.29) is 11.9 Å². The number of amides is 1. The first-order chi connectivity index (χ1) is 14.5. The van der Waals surface area contributed by atoms with Crippen LogP contribution in [-0.2, 0) is 6.54 Å². The molecule has 1 atom stereocenters. The fourth-order valence-corrected chi connectivity index (χ4v) is 4.32. The van der Waals surface area contributed by atoms with Crippen LogP contribution in [-0.4, -0.2) is 40.2 Å². The van der Waals surface area contributed by atoms with Gasteiger partial charge in [0.05, 0.1) is 30.1 Å². The van der Waals surface area contributed by atoms with Crippen molar-refractivity contribution in [2.45, 2.75) is 39.3 Å². The molecule has 1 fully saturated rings. The van der Waals surface area contributed by atoms with Crippen molar-refractivity contribution >= 4 is 17.5 Å². The van der Waals surface area contributed by atoms with Gasteiger partial charge in [0.15, 0.2) is 0 Å². The van der Waals surface area contributed by atoms with Crippen molar-refractivity contribution in [3.63, 3.8) is 0 Å². The minimum atomic E-state index is -0.205. The zero-order chi connectivity index (χ0) is 21.1. The molecular formula is C23H27ClN4O2. The van der Waals surface area contributed by atoms with E-state index in [1.165, 1.54) is 18.4 Å². The third-order valence-electron chi connectivity index (χ3n) is 5.65. The minimum Gasteiger partial charge on any atom is -0.468 e. The van der Waals surface area contributed by atoms with Gasteiger partial charge in [0.25, 0.3) is 5.91 Å². The van der Waals surface area contributed by atoms with E-state index in [2.05, 4.69) is 34.4 Å². The maximum Gasteiger partial charge on any atom is 0.256 e. The molecular weight excluding hydrogens is 400 g/mol. The van der Waals surface area contributed by atoms with Crippen LogP contribution in [0.5, 0.6) is 0 Å². The van der Waals surface area contributed by atoms with Crippen LogP contribution in [0.3, 0.4) is 0 Å². The van der Waals surface area contributed by atoms with Crippen LogP contribution in [0.25, 0.3) is 0 Å². The van der Waals surface area contributed by atoms with Crippen LogP contribution in [0.4, 0.5) is 0 Å². The highest BCUT2D eigenvalue weighted by molar-refractivity contribution is 6.33. The molecule has 0 bridgehead atoms. The van der Waals surface area contributed by atoms with Crippen LogP contribution in [0.1, 0.15) is 51.8 Å². The fraction of sp³-hybridized carbons (Fsp3) is 0.391. The summed E-state index contributed by atoms with van der Waals surface area (Å²) in [6, 6.07) is 12.1. The Kier molecular flexibility index (Phi) is 6.25. The number of likely N-dealkylation sites (tertiary alicyclic amines) is 1. The van der Waals surface area contributed by atoms with E-state index in [9.17, 15) is 4.79 Å². The summed E-state index contributed by atoms with van der Waals surface area (Å²) in [4.78, 5) is 15.3. The summed E-state index contributed by atoms with van der Waals surface area (Å²) in [6.07, 6.45) is 4.01. The van der Waals surface area contributed by atoms with Gasteiger partial charge in [-0.15, -0.1) is 0 Å². The Morgan fingerprint density at radius 1 is 1.20 bits per heavy atom. The molecule has 1 N–H and O–H groups in total. The second-order valence-corrected chi connectivity index (χ2v) is 8.24. The van der Waals surface area contributed by atoms with Crippen molar-refractivity contribution in [1.82, 2.24) is 20.0 Å². The van der Waals surface area contributed by atoms with Gasteiger partial charge in [-0.25, -0.2) is 4.68 Å². The molecule has 158 valence electrons. The van der Waals surface area contributed by atoms with E-state index in [1.807, 2.05) is 31.2 Å². The summed E-state index contributed by atoms with van der Waals surface area (Å²) in [6.45, 7) is 6.87. The molecule has 7 heteroatoms. The number of carbonyl (C=O) groups is 1. The summed E-state index contributed by atoms with van der Waals surface area (Å²) in [5.74, 6) is 0.665. The van der Waals surface area contributed by atoms with Crippen molar-refractivity contribution in [2.24, 2.45) is 0 Å². The summed E-state index contributed by atoms with van der Waals surface area (Å²) in [5, 5.41) is 7.91.